The van der Waals surface area contributed by atoms with Crippen molar-refractivity contribution < 1.29 is 4.79 Å². The second-order valence-electron chi connectivity index (χ2n) is 6.53. The van der Waals surface area contributed by atoms with Crippen molar-refractivity contribution in [2.24, 2.45) is 0 Å². The molecule has 0 aliphatic carbocycles. The number of carbonyl (C=O) groups is 1. The smallest absolute Gasteiger partial charge is 0.252 e. The standard InChI is InChI=1S/C23H18ClN3O/c1-15-21(23(28)26-14-16-5-4-12-25-13-16)19-6-2-3-7-20(19)27-22(15)17-8-10-18(24)11-9-17/h2-13H,14H2,1H3,(H,26,28). The lowest BCUT2D eigenvalue weighted by Gasteiger charge is -2.15. The lowest BCUT2D eigenvalue weighted by atomic mass is 9.97. The second-order valence-corrected chi connectivity index (χ2v) is 6.96. The van der Waals surface area contributed by atoms with Crippen LogP contribution in [0.3, 0.4) is 0 Å². The summed E-state index contributed by atoms with van der Waals surface area (Å²) in [6.45, 7) is 2.35. The summed E-state index contributed by atoms with van der Waals surface area (Å²) in [4.78, 5) is 22.0. The predicted molar refractivity (Wildman–Crippen MR) is 112 cm³/mol. The van der Waals surface area contributed by atoms with Gasteiger partial charge in [-0.25, -0.2) is 4.98 Å². The molecule has 2 aromatic carbocycles. The van der Waals surface area contributed by atoms with Crippen molar-refractivity contribution in [3.63, 3.8) is 0 Å². The van der Waals surface area contributed by atoms with Gasteiger partial charge in [-0.1, -0.05) is 48.0 Å². The fraction of sp³-hybridized carbons (Fsp3) is 0.0870. The summed E-state index contributed by atoms with van der Waals surface area (Å²) < 4.78 is 0. The first-order chi connectivity index (χ1) is 13.6. The van der Waals surface area contributed by atoms with E-state index in [4.69, 9.17) is 16.6 Å². The number of hydrogen-bond acceptors (Lipinski definition) is 3. The molecule has 1 amide bonds. The van der Waals surface area contributed by atoms with Crippen LogP contribution in [0.5, 0.6) is 0 Å². The zero-order chi connectivity index (χ0) is 19.5. The van der Waals surface area contributed by atoms with E-state index in [0.717, 1.165) is 33.3 Å². The first-order valence-corrected chi connectivity index (χ1v) is 9.33. The molecule has 28 heavy (non-hydrogen) atoms. The van der Waals surface area contributed by atoms with E-state index in [0.29, 0.717) is 17.1 Å². The van der Waals surface area contributed by atoms with Gasteiger partial charge in [0, 0.05) is 34.9 Å². The number of aromatic nitrogens is 2. The van der Waals surface area contributed by atoms with E-state index in [1.165, 1.54) is 0 Å². The highest BCUT2D eigenvalue weighted by Gasteiger charge is 2.18. The molecule has 5 heteroatoms. The van der Waals surface area contributed by atoms with Crippen LogP contribution in [-0.2, 0) is 6.54 Å². The Morgan fingerprint density at radius 1 is 1.04 bits per heavy atom. The molecule has 1 N–H and O–H groups in total. The van der Waals surface area contributed by atoms with Crippen LogP contribution < -0.4 is 5.32 Å². The first kappa shape index (κ1) is 18.1. The Morgan fingerprint density at radius 3 is 2.57 bits per heavy atom. The van der Waals surface area contributed by atoms with Crippen LogP contribution >= 0.6 is 11.6 Å². The highest BCUT2D eigenvalue weighted by molar-refractivity contribution is 6.30. The van der Waals surface area contributed by atoms with Gasteiger partial charge in [0.15, 0.2) is 0 Å². The van der Waals surface area contributed by atoms with Gasteiger partial charge in [-0.3, -0.25) is 9.78 Å². The monoisotopic (exact) mass is 387 g/mol. The topological polar surface area (TPSA) is 54.9 Å². The number of amides is 1. The normalized spacial score (nSPS) is 10.8. The van der Waals surface area contributed by atoms with Crippen molar-refractivity contribution in [3.05, 3.63) is 94.8 Å². The number of benzene rings is 2. The predicted octanol–water partition coefficient (Wildman–Crippen LogP) is 5.19. The largest absolute Gasteiger partial charge is 0.348 e. The zero-order valence-electron chi connectivity index (χ0n) is 15.3. The zero-order valence-corrected chi connectivity index (χ0v) is 16.1. The molecule has 2 aromatic heterocycles. The summed E-state index contributed by atoms with van der Waals surface area (Å²) in [5.41, 5.74) is 4.91. The average Bonchev–Trinajstić information content (AvgIpc) is 2.73. The highest BCUT2D eigenvalue weighted by Crippen LogP contribution is 2.30. The summed E-state index contributed by atoms with van der Waals surface area (Å²) >= 11 is 6.03. The van der Waals surface area contributed by atoms with E-state index in [1.807, 2.05) is 67.6 Å². The van der Waals surface area contributed by atoms with Crippen LogP contribution in [0.2, 0.25) is 5.02 Å². The Morgan fingerprint density at radius 2 is 1.82 bits per heavy atom. The van der Waals surface area contributed by atoms with Gasteiger partial charge in [-0.05, 0) is 42.3 Å². The van der Waals surface area contributed by atoms with Gasteiger partial charge in [0.1, 0.15) is 0 Å². The molecule has 138 valence electrons. The molecular formula is C23H18ClN3O. The third-order valence-electron chi connectivity index (χ3n) is 4.66. The van der Waals surface area contributed by atoms with Gasteiger partial charge in [0.05, 0.1) is 16.8 Å². The maximum atomic E-state index is 13.1. The van der Waals surface area contributed by atoms with Gasteiger partial charge < -0.3 is 5.32 Å². The van der Waals surface area contributed by atoms with E-state index in [1.54, 1.807) is 12.4 Å². The molecule has 0 fully saturated rings. The van der Waals surface area contributed by atoms with Crippen molar-refractivity contribution in [1.82, 2.24) is 15.3 Å². The Kier molecular flexibility index (Phi) is 5.04. The SMILES string of the molecule is Cc1c(-c2ccc(Cl)cc2)nc2ccccc2c1C(=O)NCc1cccnc1. The molecule has 0 spiro atoms. The fourth-order valence-corrected chi connectivity index (χ4v) is 3.39. The van der Waals surface area contributed by atoms with Gasteiger partial charge >= 0.3 is 0 Å². The van der Waals surface area contributed by atoms with Crippen molar-refractivity contribution >= 4 is 28.4 Å². The van der Waals surface area contributed by atoms with Crippen LogP contribution in [0, 0.1) is 6.92 Å². The lowest BCUT2D eigenvalue weighted by Crippen LogP contribution is -2.24. The van der Waals surface area contributed by atoms with Gasteiger partial charge in [0.2, 0.25) is 0 Å². The first-order valence-electron chi connectivity index (χ1n) is 8.96. The van der Waals surface area contributed by atoms with Gasteiger partial charge in [-0.15, -0.1) is 0 Å². The molecule has 0 bridgehead atoms. The summed E-state index contributed by atoms with van der Waals surface area (Å²) in [6, 6.07) is 19.0. The third-order valence-corrected chi connectivity index (χ3v) is 4.91. The summed E-state index contributed by atoms with van der Waals surface area (Å²) in [6.07, 6.45) is 3.46. The molecule has 0 saturated heterocycles. The molecule has 4 rings (SSSR count). The van der Waals surface area contributed by atoms with Crippen LogP contribution in [-0.4, -0.2) is 15.9 Å². The minimum absolute atomic E-state index is 0.129. The number of fused-ring (bicyclic) bond motifs is 1. The summed E-state index contributed by atoms with van der Waals surface area (Å²) in [5.74, 6) is -0.129. The quantitative estimate of drug-likeness (QED) is 0.524. The van der Waals surface area contributed by atoms with Crippen molar-refractivity contribution in [1.29, 1.82) is 0 Å². The minimum Gasteiger partial charge on any atom is -0.348 e. The average molecular weight is 388 g/mol. The van der Waals surface area contributed by atoms with Crippen molar-refractivity contribution in [3.8, 4) is 11.3 Å². The number of nitrogens with zero attached hydrogens (tertiary/aromatic N) is 2. The summed E-state index contributed by atoms with van der Waals surface area (Å²) in [7, 11) is 0. The molecule has 0 unspecified atom stereocenters. The number of pyridine rings is 2. The molecule has 4 aromatic rings. The molecule has 0 aliphatic rings. The maximum Gasteiger partial charge on any atom is 0.252 e. The third kappa shape index (κ3) is 3.59. The van der Waals surface area contributed by atoms with E-state index >= 15 is 0 Å². The van der Waals surface area contributed by atoms with Crippen LogP contribution in [0.1, 0.15) is 21.5 Å². The number of rotatable bonds is 4. The van der Waals surface area contributed by atoms with E-state index < -0.39 is 0 Å². The maximum absolute atomic E-state index is 13.1. The number of carbonyl (C=O) groups excluding carboxylic acids is 1. The molecule has 0 radical (unpaired) electrons. The summed E-state index contributed by atoms with van der Waals surface area (Å²) in [5, 5.41) is 4.51. The van der Waals surface area contributed by atoms with Crippen molar-refractivity contribution in [2.75, 3.05) is 0 Å². The lowest BCUT2D eigenvalue weighted by molar-refractivity contribution is 0.0952. The fourth-order valence-electron chi connectivity index (χ4n) is 3.26. The Hall–Kier alpha value is -3.24. The van der Waals surface area contributed by atoms with E-state index in [9.17, 15) is 4.79 Å². The van der Waals surface area contributed by atoms with E-state index in [2.05, 4.69) is 10.3 Å². The minimum atomic E-state index is -0.129. The molecule has 0 saturated carbocycles. The number of para-hydroxylation sites is 1. The number of hydrogen-bond donors (Lipinski definition) is 1. The Labute approximate surface area is 168 Å². The number of halogens is 1. The molecule has 4 nitrogen and oxygen atoms in total. The Balaban J connectivity index is 1.78. The second kappa shape index (κ2) is 7.79. The van der Waals surface area contributed by atoms with Crippen LogP contribution in [0.4, 0.5) is 0 Å². The van der Waals surface area contributed by atoms with Gasteiger partial charge in [0.25, 0.3) is 5.91 Å². The number of nitrogens with one attached hydrogen (secondary N) is 1. The molecule has 2 heterocycles. The van der Waals surface area contributed by atoms with Crippen LogP contribution in [0.15, 0.2) is 73.1 Å². The molecule has 0 atom stereocenters. The molecule has 0 aliphatic heterocycles. The molecular weight excluding hydrogens is 370 g/mol. The Bertz CT molecular complexity index is 1140. The van der Waals surface area contributed by atoms with Crippen molar-refractivity contribution in [2.45, 2.75) is 13.5 Å². The highest BCUT2D eigenvalue weighted by atomic mass is 35.5. The van der Waals surface area contributed by atoms with E-state index in [-0.39, 0.29) is 5.91 Å². The van der Waals surface area contributed by atoms with Crippen LogP contribution in [0.25, 0.3) is 22.2 Å². The van der Waals surface area contributed by atoms with Gasteiger partial charge in [-0.2, -0.15) is 0 Å².